The third-order valence-corrected chi connectivity index (χ3v) is 3.05. The summed E-state index contributed by atoms with van der Waals surface area (Å²) in [5.41, 5.74) is 0. The summed E-state index contributed by atoms with van der Waals surface area (Å²) in [4.78, 5) is 11.4. The van der Waals surface area contributed by atoms with Gasteiger partial charge in [-0.1, -0.05) is 13.8 Å². The summed E-state index contributed by atoms with van der Waals surface area (Å²) in [6, 6.07) is 0. The van der Waals surface area contributed by atoms with E-state index in [-0.39, 0.29) is 12.0 Å². The summed E-state index contributed by atoms with van der Waals surface area (Å²) in [6.07, 6.45) is 4.25. The van der Waals surface area contributed by atoms with Gasteiger partial charge in [0.15, 0.2) is 0 Å². The standard InChI is InChI=1S/C12H23NO2/c1-9(2)3-6-12(15)13-8-10-4-5-11(14)7-10/h9-11,14H,3-8H2,1-2H3,(H,13,15). The number of hydrogen-bond acceptors (Lipinski definition) is 2. The van der Waals surface area contributed by atoms with Crippen LogP contribution in [0, 0.1) is 11.8 Å². The zero-order chi connectivity index (χ0) is 11.3. The molecule has 3 heteroatoms. The van der Waals surface area contributed by atoms with E-state index in [1.807, 2.05) is 0 Å². The van der Waals surface area contributed by atoms with Crippen molar-refractivity contribution in [3.05, 3.63) is 0 Å². The second kappa shape index (κ2) is 6.11. The maximum atomic E-state index is 11.4. The van der Waals surface area contributed by atoms with Crippen LogP contribution >= 0.6 is 0 Å². The number of aliphatic hydroxyl groups is 1. The highest BCUT2D eigenvalue weighted by atomic mass is 16.3. The number of rotatable bonds is 5. The molecule has 0 aromatic carbocycles. The number of amides is 1. The molecule has 3 nitrogen and oxygen atoms in total. The fraction of sp³-hybridized carbons (Fsp3) is 0.917. The molecule has 15 heavy (non-hydrogen) atoms. The molecule has 0 saturated heterocycles. The number of hydrogen-bond donors (Lipinski definition) is 2. The molecule has 1 aliphatic carbocycles. The highest BCUT2D eigenvalue weighted by molar-refractivity contribution is 5.75. The fourth-order valence-corrected chi connectivity index (χ4v) is 2.00. The predicted octanol–water partition coefficient (Wildman–Crippen LogP) is 1.70. The van der Waals surface area contributed by atoms with Gasteiger partial charge >= 0.3 is 0 Å². The first-order valence-electron chi connectivity index (χ1n) is 6.02. The first-order valence-corrected chi connectivity index (χ1v) is 6.02. The Bertz CT molecular complexity index is 204. The van der Waals surface area contributed by atoms with Gasteiger partial charge in [-0.3, -0.25) is 4.79 Å². The van der Waals surface area contributed by atoms with Gasteiger partial charge in [-0.05, 0) is 37.5 Å². The molecule has 0 bridgehead atoms. The summed E-state index contributed by atoms with van der Waals surface area (Å²) < 4.78 is 0. The van der Waals surface area contributed by atoms with Crippen LogP contribution in [0.1, 0.15) is 46.0 Å². The topological polar surface area (TPSA) is 49.3 Å². The molecule has 1 saturated carbocycles. The van der Waals surface area contributed by atoms with Crippen LogP contribution in [0.4, 0.5) is 0 Å². The van der Waals surface area contributed by atoms with E-state index in [1.54, 1.807) is 0 Å². The van der Waals surface area contributed by atoms with Crippen LogP contribution in [-0.2, 0) is 4.79 Å². The van der Waals surface area contributed by atoms with E-state index < -0.39 is 0 Å². The lowest BCUT2D eigenvalue weighted by Gasteiger charge is -2.11. The summed E-state index contributed by atoms with van der Waals surface area (Å²) in [7, 11) is 0. The van der Waals surface area contributed by atoms with Gasteiger partial charge in [-0.25, -0.2) is 0 Å². The Morgan fingerprint density at radius 3 is 2.73 bits per heavy atom. The van der Waals surface area contributed by atoms with E-state index in [9.17, 15) is 9.90 Å². The van der Waals surface area contributed by atoms with Crippen molar-refractivity contribution in [1.29, 1.82) is 0 Å². The molecule has 0 aromatic heterocycles. The average Bonchev–Trinajstić information content (AvgIpc) is 2.58. The minimum absolute atomic E-state index is 0.137. The van der Waals surface area contributed by atoms with Gasteiger partial charge in [0.25, 0.3) is 0 Å². The van der Waals surface area contributed by atoms with E-state index >= 15 is 0 Å². The molecule has 0 radical (unpaired) electrons. The molecule has 1 amide bonds. The summed E-state index contributed by atoms with van der Waals surface area (Å²) >= 11 is 0. The number of carbonyl (C=O) groups excluding carboxylic acids is 1. The first kappa shape index (κ1) is 12.5. The SMILES string of the molecule is CC(C)CCC(=O)NCC1CCC(O)C1. The van der Waals surface area contributed by atoms with Crippen LogP contribution in [0.15, 0.2) is 0 Å². The van der Waals surface area contributed by atoms with Crippen molar-refractivity contribution in [2.75, 3.05) is 6.54 Å². The van der Waals surface area contributed by atoms with E-state index in [0.717, 1.165) is 32.2 Å². The maximum Gasteiger partial charge on any atom is 0.220 e. The molecule has 0 aromatic rings. The summed E-state index contributed by atoms with van der Waals surface area (Å²) in [6.45, 7) is 5.00. The summed E-state index contributed by atoms with van der Waals surface area (Å²) in [5.74, 6) is 1.23. The normalized spacial score (nSPS) is 25.9. The number of aliphatic hydroxyl groups excluding tert-OH is 1. The van der Waals surface area contributed by atoms with Gasteiger partial charge in [-0.15, -0.1) is 0 Å². The van der Waals surface area contributed by atoms with Gasteiger partial charge in [0.2, 0.25) is 5.91 Å². The quantitative estimate of drug-likeness (QED) is 0.730. The highest BCUT2D eigenvalue weighted by Gasteiger charge is 2.22. The Balaban J connectivity index is 2.06. The summed E-state index contributed by atoms with van der Waals surface area (Å²) in [5, 5.41) is 12.3. The molecule has 1 fully saturated rings. The number of nitrogens with one attached hydrogen (secondary N) is 1. The number of carbonyl (C=O) groups is 1. The Kier molecular flexibility index (Phi) is 5.09. The third kappa shape index (κ3) is 5.17. The lowest BCUT2D eigenvalue weighted by atomic mass is 10.1. The first-order chi connectivity index (χ1) is 7.08. The molecule has 0 spiro atoms. The van der Waals surface area contributed by atoms with Gasteiger partial charge < -0.3 is 10.4 Å². The van der Waals surface area contributed by atoms with Crippen molar-refractivity contribution in [1.82, 2.24) is 5.32 Å². The lowest BCUT2D eigenvalue weighted by molar-refractivity contribution is -0.121. The van der Waals surface area contributed by atoms with Gasteiger partial charge in [-0.2, -0.15) is 0 Å². The van der Waals surface area contributed by atoms with Crippen LogP contribution in [-0.4, -0.2) is 23.7 Å². The van der Waals surface area contributed by atoms with Crippen LogP contribution in [0.5, 0.6) is 0 Å². The molecular weight excluding hydrogens is 190 g/mol. The minimum atomic E-state index is -0.137. The molecular formula is C12H23NO2. The van der Waals surface area contributed by atoms with E-state index in [2.05, 4.69) is 19.2 Å². The van der Waals surface area contributed by atoms with Crippen molar-refractivity contribution < 1.29 is 9.90 Å². The lowest BCUT2D eigenvalue weighted by Crippen LogP contribution is -2.28. The van der Waals surface area contributed by atoms with Crippen LogP contribution in [0.25, 0.3) is 0 Å². The zero-order valence-corrected chi connectivity index (χ0v) is 9.83. The molecule has 88 valence electrons. The van der Waals surface area contributed by atoms with Crippen molar-refractivity contribution in [2.24, 2.45) is 11.8 Å². The van der Waals surface area contributed by atoms with Crippen LogP contribution in [0.2, 0.25) is 0 Å². The third-order valence-electron chi connectivity index (χ3n) is 3.05. The molecule has 1 rings (SSSR count). The molecule has 0 aliphatic heterocycles. The monoisotopic (exact) mass is 213 g/mol. The van der Waals surface area contributed by atoms with Gasteiger partial charge in [0.1, 0.15) is 0 Å². The van der Waals surface area contributed by atoms with Crippen molar-refractivity contribution in [3.8, 4) is 0 Å². The molecule has 1 aliphatic rings. The van der Waals surface area contributed by atoms with Crippen LogP contribution in [0.3, 0.4) is 0 Å². The average molecular weight is 213 g/mol. The van der Waals surface area contributed by atoms with Gasteiger partial charge in [0, 0.05) is 13.0 Å². The molecule has 0 heterocycles. The second-order valence-electron chi connectivity index (χ2n) is 5.07. The Labute approximate surface area is 92.3 Å². The van der Waals surface area contributed by atoms with E-state index in [1.165, 1.54) is 0 Å². The Morgan fingerprint density at radius 2 is 2.20 bits per heavy atom. The van der Waals surface area contributed by atoms with Crippen molar-refractivity contribution in [3.63, 3.8) is 0 Å². The van der Waals surface area contributed by atoms with Gasteiger partial charge in [0.05, 0.1) is 6.10 Å². The smallest absolute Gasteiger partial charge is 0.220 e. The minimum Gasteiger partial charge on any atom is -0.393 e. The van der Waals surface area contributed by atoms with Crippen LogP contribution < -0.4 is 5.32 Å². The fourth-order valence-electron chi connectivity index (χ4n) is 2.00. The Morgan fingerprint density at radius 1 is 1.47 bits per heavy atom. The van der Waals surface area contributed by atoms with E-state index in [0.29, 0.717) is 18.3 Å². The van der Waals surface area contributed by atoms with E-state index in [4.69, 9.17) is 0 Å². The second-order valence-corrected chi connectivity index (χ2v) is 5.07. The Hall–Kier alpha value is -0.570. The maximum absolute atomic E-state index is 11.4. The highest BCUT2D eigenvalue weighted by Crippen LogP contribution is 2.24. The predicted molar refractivity (Wildman–Crippen MR) is 60.4 cm³/mol. The molecule has 2 N–H and O–H groups in total. The van der Waals surface area contributed by atoms with Crippen molar-refractivity contribution in [2.45, 2.75) is 52.1 Å². The zero-order valence-electron chi connectivity index (χ0n) is 9.83. The molecule has 2 atom stereocenters. The largest absolute Gasteiger partial charge is 0.393 e. The van der Waals surface area contributed by atoms with Crippen molar-refractivity contribution >= 4 is 5.91 Å². The molecule has 2 unspecified atom stereocenters.